The second kappa shape index (κ2) is 8.53. The standard InChI is InChI=1S/C20H19BrN2O2/c1-24-19-12-16(13-23-20-4-2-3-11-22-20)7-10-18(19)25-14-15-5-8-17(21)9-6-15/h2-12H,13-14H2,1H3,(H,22,23). The molecule has 0 spiro atoms. The fourth-order valence-corrected chi connectivity index (χ4v) is 2.61. The first kappa shape index (κ1) is 17.3. The zero-order valence-electron chi connectivity index (χ0n) is 13.9. The average molecular weight is 399 g/mol. The first-order chi connectivity index (χ1) is 12.2. The number of ether oxygens (including phenoxy) is 2. The van der Waals surface area contributed by atoms with Crippen molar-refractivity contribution in [2.45, 2.75) is 13.2 Å². The third-order valence-electron chi connectivity index (χ3n) is 3.67. The molecule has 0 fully saturated rings. The third-order valence-corrected chi connectivity index (χ3v) is 4.20. The number of hydrogen-bond donors (Lipinski definition) is 1. The van der Waals surface area contributed by atoms with Crippen LogP contribution in [0.2, 0.25) is 0 Å². The van der Waals surface area contributed by atoms with E-state index in [-0.39, 0.29) is 0 Å². The van der Waals surface area contributed by atoms with Crippen LogP contribution in [-0.4, -0.2) is 12.1 Å². The predicted octanol–water partition coefficient (Wildman–Crippen LogP) is 5.04. The molecule has 25 heavy (non-hydrogen) atoms. The van der Waals surface area contributed by atoms with Crippen LogP contribution >= 0.6 is 15.9 Å². The molecular weight excluding hydrogens is 380 g/mol. The molecule has 4 nitrogen and oxygen atoms in total. The zero-order chi connectivity index (χ0) is 17.5. The molecule has 0 radical (unpaired) electrons. The summed E-state index contributed by atoms with van der Waals surface area (Å²) in [4.78, 5) is 4.25. The van der Waals surface area contributed by atoms with Gasteiger partial charge in [0.15, 0.2) is 11.5 Å². The molecule has 5 heteroatoms. The lowest BCUT2D eigenvalue weighted by molar-refractivity contribution is 0.284. The summed E-state index contributed by atoms with van der Waals surface area (Å²) in [7, 11) is 1.65. The van der Waals surface area contributed by atoms with Crippen molar-refractivity contribution in [2.75, 3.05) is 12.4 Å². The van der Waals surface area contributed by atoms with Gasteiger partial charge in [0.2, 0.25) is 0 Å². The Morgan fingerprint density at radius 3 is 2.48 bits per heavy atom. The van der Waals surface area contributed by atoms with Gasteiger partial charge in [-0.3, -0.25) is 0 Å². The molecular formula is C20H19BrN2O2. The summed E-state index contributed by atoms with van der Waals surface area (Å²) in [5.41, 5.74) is 2.20. The number of methoxy groups -OCH3 is 1. The average Bonchev–Trinajstić information content (AvgIpc) is 2.67. The summed E-state index contributed by atoms with van der Waals surface area (Å²) < 4.78 is 12.4. The Labute approximate surface area is 156 Å². The molecule has 0 bridgehead atoms. The molecule has 2 aromatic carbocycles. The summed E-state index contributed by atoms with van der Waals surface area (Å²) in [6, 6.07) is 19.8. The number of halogens is 1. The highest BCUT2D eigenvalue weighted by molar-refractivity contribution is 9.10. The summed E-state index contributed by atoms with van der Waals surface area (Å²) in [6.07, 6.45) is 1.77. The maximum Gasteiger partial charge on any atom is 0.161 e. The van der Waals surface area contributed by atoms with E-state index in [0.717, 1.165) is 32.9 Å². The summed E-state index contributed by atoms with van der Waals surface area (Å²) >= 11 is 3.43. The normalized spacial score (nSPS) is 10.3. The molecule has 128 valence electrons. The van der Waals surface area contributed by atoms with Crippen LogP contribution < -0.4 is 14.8 Å². The lowest BCUT2D eigenvalue weighted by Crippen LogP contribution is -2.02. The van der Waals surface area contributed by atoms with E-state index >= 15 is 0 Å². The number of anilines is 1. The molecule has 1 N–H and O–H groups in total. The van der Waals surface area contributed by atoms with Crippen LogP contribution in [0.4, 0.5) is 5.82 Å². The van der Waals surface area contributed by atoms with E-state index in [1.54, 1.807) is 13.3 Å². The van der Waals surface area contributed by atoms with Gasteiger partial charge in [0.1, 0.15) is 12.4 Å². The molecule has 1 heterocycles. The van der Waals surface area contributed by atoms with E-state index in [9.17, 15) is 0 Å². The Hall–Kier alpha value is -2.53. The van der Waals surface area contributed by atoms with Crippen LogP contribution in [0.1, 0.15) is 11.1 Å². The third kappa shape index (κ3) is 4.97. The number of hydrogen-bond acceptors (Lipinski definition) is 4. The molecule has 0 amide bonds. The number of rotatable bonds is 7. The van der Waals surface area contributed by atoms with Gasteiger partial charge in [-0.15, -0.1) is 0 Å². The van der Waals surface area contributed by atoms with E-state index in [4.69, 9.17) is 9.47 Å². The zero-order valence-corrected chi connectivity index (χ0v) is 15.5. The molecule has 0 unspecified atom stereocenters. The summed E-state index contributed by atoms with van der Waals surface area (Å²) in [5, 5.41) is 3.28. The number of pyridine rings is 1. The van der Waals surface area contributed by atoms with Crippen molar-refractivity contribution in [3.05, 3.63) is 82.5 Å². The van der Waals surface area contributed by atoms with Crippen molar-refractivity contribution in [1.29, 1.82) is 0 Å². The van der Waals surface area contributed by atoms with Crippen molar-refractivity contribution in [3.8, 4) is 11.5 Å². The fourth-order valence-electron chi connectivity index (χ4n) is 2.34. The summed E-state index contributed by atoms with van der Waals surface area (Å²) in [6.45, 7) is 1.16. The maximum atomic E-state index is 5.90. The van der Waals surface area contributed by atoms with E-state index < -0.39 is 0 Å². The van der Waals surface area contributed by atoms with Crippen LogP contribution in [0.15, 0.2) is 71.3 Å². The Bertz CT molecular complexity index is 808. The first-order valence-corrected chi connectivity index (χ1v) is 8.73. The molecule has 0 saturated carbocycles. The molecule has 0 aliphatic rings. The van der Waals surface area contributed by atoms with Crippen molar-refractivity contribution in [2.24, 2.45) is 0 Å². The molecule has 0 atom stereocenters. The predicted molar refractivity (Wildman–Crippen MR) is 103 cm³/mol. The van der Waals surface area contributed by atoms with Crippen LogP contribution in [0.3, 0.4) is 0 Å². The van der Waals surface area contributed by atoms with Gasteiger partial charge in [-0.1, -0.05) is 40.2 Å². The molecule has 0 saturated heterocycles. The Balaban J connectivity index is 1.63. The van der Waals surface area contributed by atoms with Gasteiger partial charge >= 0.3 is 0 Å². The molecule has 3 aromatic rings. The number of nitrogens with one attached hydrogen (secondary N) is 1. The van der Waals surface area contributed by atoms with Crippen molar-refractivity contribution < 1.29 is 9.47 Å². The van der Waals surface area contributed by atoms with Gasteiger partial charge in [-0.25, -0.2) is 4.98 Å². The molecule has 1 aromatic heterocycles. The Morgan fingerprint density at radius 2 is 1.76 bits per heavy atom. The second-order valence-corrected chi connectivity index (χ2v) is 6.38. The highest BCUT2D eigenvalue weighted by atomic mass is 79.9. The SMILES string of the molecule is COc1cc(CNc2ccccn2)ccc1OCc1ccc(Br)cc1. The minimum Gasteiger partial charge on any atom is -0.493 e. The van der Waals surface area contributed by atoms with Crippen molar-refractivity contribution >= 4 is 21.7 Å². The first-order valence-electron chi connectivity index (χ1n) is 7.93. The van der Waals surface area contributed by atoms with E-state index in [2.05, 4.69) is 26.2 Å². The highest BCUT2D eigenvalue weighted by Crippen LogP contribution is 2.29. The Kier molecular flexibility index (Phi) is 5.90. The van der Waals surface area contributed by atoms with Crippen LogP contribution in [0.25, 0.3) is 0 Å². The monoisotopic (exact) mass is 398 g/mol. The van der Waals surface area contributed by atoms with E-state index in [1.165, 1.54) is 0 Å². The van der Waals surface area contributed by atoms with E-state index in [1.807, 2.05) is 60.7 Å². The van der Waals surface area contributed by atoms with Gasteiger partial charge in [0.05, 0.1) is 7.11 Å². The highest BCUT2D eigenvalue weighted by Gasteiger charge is 2.07. The van der Waals surface area contributed by atoms with E-state index in [0.29, 0.717) is 13.2 Å². The number of benzene rings is 2. The fraction of sp³-hybridized carbons (Fsp3) is 0.150. The maximum absolute atomic E-state index is 5.90. The number of nitrogens with zero attached hydrogens (tertiary/aromatic N) is 1. The summed E-state index contributed by atoms with van der Waals surface area (Å²) in [5.74, 6) is 2.29. The van der Waals surface area contributed by atoms with Gasteiger partial charge in [-0.2, -0.15) is 0 Å². The smallest absolute Gasteiger partial charge is 0.161 e. The minimum atomic E-state index is 0.495. The lowest BCUT2D eigenvalue weighted by Gasteiger charge is -2.13. The molecule has 3 rings (SSSR count). The lowest BCUT2D eigenvalue weighted by atomic mass is 10.2. The van der Waals surface area contributed by atoms with Crippen LogP contribution in [-0.2, 0) is 13.2 Å². The van der Waals surface area contributed by atoms with Crippen molar-refractivity contribution in [3.63, 3.8) is 0 Å². The van der Waals surface area contributed by atoms with Gasteiger partial charge in [-0.05, 0) is 47.5 Å². The van der Waals surface area contributed by atoms with Gasteiger partial charge < -0.3 is 14.8 Å². The second-order valence-electron chi connectivity index (χ2n) is 5.47. The molecule has 0 aliphatic carbocycles. The quantitative estimate of drug-likeness (QED) is 0.604. The Morgan fingerprint density at radius 1 is 0.960 bits per heavy atom. The van der Waals surface area contributed by atoms with Gasteiger partial charge in [0.25, 0.3) is 0 Å². The topological polar surface area (TPSA) is 43.4 Å². The van der Waals surface area contributed by atoms with Crippen molar-refractivity contribution in [1.82, 2.24) is 4.98 Å². The number of aromatic nitrogens is 1. The van der Waals surface area contributed by atoms with Crippen LogP contribution in [0.5, 0.6) is 11.5 Å². The largest absolute Gasteiger partial charge is 0.493 e. The van der Waals surface area contributed by atoms with Crippen LogP contribution in [0, 0.1) is 0 Å². The van der Waals surface area contributed by atoms with Gasteiger partial charge in [0, 0.05) is 17.2 Å². The minimum absolute atomic E-state index is 0.495. The molecule has 0 aliphatic heterocycles.